The van der Waals surface area contributed by atoms with Crippen LogP contribution < -0.4 is 17.1 Å². The Balaban J connectivity index is 2.29. The minimum atomic E-state index is -0.733. The summed E-state index contributed by atoms with van der Waals surface area (Å²) in [6.45, 7) is 23.7. The molecule has 0 fully saturated rings. The van der Waals surface area contributed by atoms with Gasteiger partial charge < -0.3 is 5.11 Å². The molecule has 43 heavy (non-hydrogen) atoms. The first-order valence-electron chi connectivity index (χ1n) is 14.7. The van der Waals surface area contributed by atoms with Crippen molar-refractivity contribution in [1.29, 1.82) is 0 Å². The highest BCUT2D eigenvalue weighted by atomic mass is 16.3. The SMILES string of the molecule is Cn1c(=O)n(Cc2cc(C(C)(C)C)c(O)c(C(C)(C)C)c2)c(=O)n(Cc2cc(C(C)(C)C)c(N=O)c(C(C)(C)C)c2)c1=O. The van der Waals surface area contributed by atoms with Crippen molar-refractivity contribution in [3.05, 3.63) is 94.0 Å². The van der Waals surface area contributed by atoms with Crippen LogP contribution in [0, 0.1) is 4.91 Å². The van der Waals surface area contributed by atoms with Crippen LogP contribution in [0.4, 0.5) is 5.69 Å². The summed E-state index contributed by atoms with van der Waals surface area (Å²) in [5.74, 6) is 0.200. The van der Waals surface area contributed by atoms with Crippen LogP contribution in [0.3, 0.4) is 0 Å². The second kappa shape index (κ2) is 11.1. The van der Waals surface area contributed by atoms with Gasteiger partial charge >= 0.3 is 17.1 Å². The van der Waals surface area contributed by atoms with Crippen molar-refractivity contribution in [3.8, 4) is 5.75 Å². The van der Waals surface area contributed by atoms with Crippen molar-refractivity contribution >= 4 is 5.69 Å². The molecule has 0 spiro atoms. The molecule has 0 radical (unpaired) electrons. The maximum Gasteiger partial charge on any atom is 0.336 e. The minimum absolute atomic E-state index is 0.0767. The van der Waals surface area contributed by atoms with Crippen molar-refractivity contribution in [3.63, 3.8) is 0 Å². The van der Waals surface area contributed by atoms with Gasteiger partial charge in [-0.15, -0.1) is 4.91 Å². The number of nitroso groups, excluding NO2 is 1. The molecule has 234 valence electrons. The van der Waals surface area contributed by atoms with E-state index in [1.807, 2.05) is 107 Å². The maximum atomic E-state index is 13.9. The number of aromatic hydroxyl groups is 1. The molecule has 2 aromatic carbocycles. The van der Waals surface area contributed by atoms with Gasteiger partial charge in [0.15, 0.2) is 0 Å². The first-order chi connectivity index (χ1) is 19.4. The molecule has 9 nitrogen and oxygen atoms in total. The fourth-order valence-electron chi connectivity index (χ4n) is 5.35. The Bertz CT molecular complexity index is 1670. The molecule has 1 heterocycles. The van der Waals surface area contributed by atoms with Crippen molar-refractivity contribution in [2.24, 2.45) is 12.2 Å². The summed E-state index contributed by atoms with van der Waals surface area (Å²) >= 11 is 0. The fourth-order valence-corrected chi connectivity index (χ4v) is 5.35. The Morgan fingerprint density at radius 1 is 0.581 bits per heavy atom. The van der Waals surface area contributed by atoms with E-state index in [0.29, 0.717) is 27.9 Å². The van der Waals surface area contributed by atoms with Gasteiger partial charge in [-0.25, -0.2) is 28.1 Å². The highest BCUT2D eigenvalue weighted by Gasteiger charge is 2.29. The van der Waals surface area contributed by atoms with Gasteiger partial charge in [0, 0.05) is 7.05 Å². The molecule has 3 rings (SSSR count). The van der Waals surface area contributed by atoms with Gasteiger partial charge in [0.1, 0.15) is 11.4 Å². The topological polar surface area (TPSA) is 116 Å². The Morgan fingerprint density at radius 2 is 0.884 bits per heavy atom. The molecule has 0 aliphatic carbocycles. The zero-order chi connectivity index (χ0) is 33.0. The lowest BCUT2D eigenvalue weighted by Crippen LogP contribution is -2.53. The van der Waals surface area contributed by atoms with E-state index in [1.54, 1.807) is 0 Å². The lowest BCUT2D eigenvalue weighted by atomic mass is 9.77. The smallest absolute Gasteiger partial charge is 0.336 e. The average molecular weight is 593 g/mol. The Hall–Kier alpha value is -3.75. The van der Waals surface area contributed by atoms with E-state index < -0.39 is 38.7 Å². The Labute approximate surface area is 254 Å². The molecule has 0 atom stereocenters. The number of rotatable bonds is 5. The molecule has 0 aliphatic rings. The fraction of sp³-hybridized carbons (Fsp3) is 0.559. The predicted octanol–water partition coefficient (Wildman–Crippen LogP) is 6.10. The van der Waals surface area contributed by atoms with E-state index in [-0.39, 0.29) is 18.8 Å². The highest BCUT2D eigenvalue weighted by molar-refractivity contribution is 5.60. The van der Waals surface area contributed by atoms with Crippen molar-refractivity contribution in [1.82, 2.24) is 13.7 Å². The highest BCUT2D eigenvalue weighted by Crippen LogP contribution is 2.41. The summed E-state index contributed by atoms with van der Waals surface area (Å²) in [5.41, 5.74) is 0.717. The third kappa shape index (κ3) is 6.76. The van der Waals surface area contributed by atoms with Gasteiger partial charge in [0.05, 0.1) is 13.1 Å². The number of nitrogens with zero attached hydrogens (tertiary/aromatic N) is 4. The number of hydrogen-bond acceptors (Lipinski definition) is 6. The zero-order valence-corrected chi connectivity index (χ0v) is 28.1. The normalized spacial score (nSPS) is 13.0. The maximum absolute atomic E-state index is 13.9. The molecule has 0 bridgehead atoms. The van der Waals surface area contributed by atoms with E-state index in [9.17, 15) is 24.4 Å². The number of phenols is 1. The second-order valence-corrected chi connectivity index (χ2v) is 15.7. The van der Waals surface area contributed by atoms with Crippen LogP contribution in [0.15, 0.2) is 43.8 Å². The monoisotopic (exact) mass is 592 g/mol. The van der Waals surface area contributed by atoms with Gasteiger partial charge in [-0.1, -0.05) is 95.2 Å². The number of hydrogen-bond donors (Lipinski definition) is 1. The lowest BCUT2D eigenvalue weighted by Gasteiger charge is -2.28. The van der Waals surface area contributed by atoms with Gasteiger partial charge in [0.25, 0.3) is 0 Å². The molecule has 0 amide bonds. The van der Waals surface area contributed by atoms with Gasteiger partial charge in [0.2, 0.25) is 0 Å². The van der Waals surface area contributed by atoms with E-state index in [4.69, 9.17) is 0 Å². The van der Waals surface area contributed by atoms with Crippen LogP contribution in [0.2, 0.25) is 0 Å². The molecule has 3 aromatic rings. The predicted molar refractivity (Wildman–Crippen MR) is 173 cm³/mol. The van der Waals surface area contributed by atoms with Crippen LogP contribution in [0.1, 0.15) is 116 Å². The lowest BCUT2D eigenvalue weighted by molar-refractivity contribution is 0.422. The molecule has 0 saturated heterocycles. The van der Waals surface area contributed by atoms with Crippen LogP contribution in [0.5, 0.6) is 5.75 Å². The second-order valence-electron chi connectivity index (χ2n) is 15.7. The van der Waals surface area contributed by atoms with Crippen molar-refractivity contribution in [2.75, 3.05) is 0 Å². The summed E-state index contributed by atoms with van der Waals surface area (Å²) in [4.78, 5) is 52.5. The third-order valence-electron chi connectivity index (χ3n) is 7.84. The minimum Gasteiger partial charge on any atom is -0.507 e. The van der Waals surface area contributed by atoms with E-state index in [1.165, 1.54) is 7.05 Å². The summed E-state index contributed by atoms with van der Waals surface area (Å²) in [7, 11) is 1.36. The molecule has 1 aromatic heterocycles. The molecule has 0 aliphatic heterocycles. The molecule has 0 saturated carbocycles. The number of aromatic nitrogens is 3. The first kappa shape index (κ1) is 33.7. The molecule has 9 heteroatoms. The van der Waals surface area contributed by atoms with Crippen LogP contribution in [-0.2, 0) is 41.8 Å². The molecule has 1 N–H and O–H groups in total. The van der Waals surface area contributed by atoms with Crippen LogP contribution in [-0.4, -0.2) is 18.8 Å². The van der Waals surface area contributed by atoms with Gasteiger partial charge in [-0.05, 0) is 72.4 Å². The Morgan fingerprint density at radius 3 is 1.16 bits per heavy atom. The number of phenolic OH excluding ortho intramolecular Hbond substituents is 1. The van der Waals surface area contributed by atoms with Crippen LogP contribution in [0.25, 0.3) is 0 Å². The van der Waals surface area contributed by atoms with Crippen molar-refractivity contribution in [2.45, 2.75) is 118 Å². The van der Waals surface area contributed by atoms with E-state index in [0.717, 1.165) is 24.8 Å². The molecular formula is C34H48N4O5. The van der Waals surface area contributed by atoms with E-state index in [2.05, 4.69) is 5.18 Å². The summed E-state index contributed by atoms with van der Waals surface area (Å²) in [5, 5.41) is 14.5. The zero-order valence-electron chi connectivity index (χ0n) is 28.1. The van der Waals surface area contributed by atoms with Gasteiger partial charge in [-0.2, -0.15) is 0 Å². The molecule has 0 unspecified atom stereocenters. The van der Waals surface area contributed by atoms with E-state index >= 15 is 0 Å². The quantitative estimate of drug-likeness (QED) is 0.360. The van der Waals surface area contributed by atoms with Gasteiger partial charge in [-0.3, -0.25) is 0 Å². The Kier molecular flexibility index (Phi) is 8.69. The largest absolute Gasteiger partial charge is 0.507 e. The standard InChI is InChI=1S/C34H48N4O5/c1-31(2,3)22-14-20(15-23(26(22)35-43)32(4,5)6)18-37-28(40)36(13)29(41)38(30(37)42)19-21-16-24(33(7,8)9)27(39)25(17-21)34(10,11)12/h14-17,39H,18-19H2,1-13H3. The molecular weight excluding hydrogens is 544 g/mol. The first-order valence-corrected chi connectivity index (χ1v) is 14.7. The van der Waals surface area contributed by atoms with Crippen LogP contribution >= 0.6 is 0 Å². The summed E-state index contributed by atoms with van der Waals surface area (Å²) in [6, 6.07) is 7.28. The number of benzene rings is 2. The summed E-state index contributed by atoms with van der Waals surface area (Å²) in [6.07, 6.45) is 0. The average Bonchev–Trinajstić information content (AvgIpc) is 2.85. The third-order valence-corrected chi connectivity index (χ3v) is 7.84. The van der Waals surface area contributed by atoms with Crippen molar-refractivity contribution < 1.29 is 5.11 Å². The summed E-state index contributed by atoms with van der Waals surface area (Å²) < 4.78 is 3.05.